The second-order valence-corrected chi connectivity index (χ2v) is 5.66. The monoisotopic (exact) mass is 321 g/mol. The van der Waals surface area contributed by atoms with Gasteiger partial charge in [0, 0.05) is 19.3 Å². The molecule has 1 aromatic rings. The van der Waals surface area contributed by atoms with Crippen LogP contribution in [0.5, 0.6) is 0 Å². The molecule has 0 saturated carbocycles. The van der Waals surface area contributed by atoms with E-state index in [9.17, 15) is 14.7 Å². The Hall–Kier alpha value is -2.11. The van der Waals surface area contributed by atoms with E-state index in [4.69, 9.17) is 0 Å². The van der Waals surface area contributed by atoms with Crippen LogP contribution < -0.4 is 10.2 Å². The van der Waals surface area contributed by atoms with Crippen molar-refractivity contribution in [3.63, 3.8) is 0 Å². The number of nitrogens with zero attached hydrogens (tertiary/aromatic N) is 2. The maximum atomic E-state index is 12.2. The summed E-state index contributed by atoms with van der Waals surface area (Å²) in [5.41, 5.74) is 0.371. The highest BCUT2D eigenvalue weighted by Crippen LogP contribution is 2.13. The second kappa shape index (κ2) is 9.12. The SMILES string of the molecule is CCCN(CC)c1ccc(C(=O)N[C@H](C(=O)O)[C@@H](C)CC)cn1. The number of hydrogen-bond acceptors (Lipinski definition) is 4. The summed E-state index contributed by atoms with van der Waals surface area (Å²) >= 11 is 0. The molecule has 1 rings (SSSR count). The summed E-state index contributed by atoms with van der Waals surface area (Å²) in [5.74, 6) is -0.737. The predicted molar refractivity (Wildman–Crippen MR) is 90.8 cm³/mol. The highest BCUT2D eigenvalue weighted by Gasteiger charge is 2.25. The molecule has 1 aromatic heterocycles. The number of rotatable bonds is 9. The Morgan fingerprint density at radius 2 is 2.00 bits per heavy atom. The molecule has 0 bridgehead atoms. The van der Waals surface area contributed by atoms with Gasteiger partial charge in [0.2, 0.25) is 0 Å². The normalized spacial score (nSPS) is 13.2. The van der Waals surface area contributed by atoms with Crippen LogP contribution in [0.3, 0.4) is 0 Å². The van der Waals surface area contributed by atoms with Gasteiger partial charge in [0.1, 0.15) is 11.9 Å². The van der Waals surface area contributed by atoms with E-state index < -0.39 is 17.9 Å². The van der Waals surface area contributed by atoms with Crippen LogP contribution in [0.1, 0.15) is 50.9 Å². The van der Waals surface area contributed by atoms with E-state index in [0.717, 1.165) is 25.3 Å². The van der Waals surface area contributed by atoms with E-state index in [2.05, 4.69) is 29.0 Å². The molecule has 0 saturated heterocycles. The molecule has 6 heteroatoms. The summed E-state index contributed by atoms with van der Waals surface area (Å²) in [6.45, 7) is 9.62. The zero-order valence-electron chi connectivity index (χ0n) is 14.4. The molecular weight excluding hydrogens is 294 g/mol. The maximum absolute atomic E-state index is 12.2. The average molecular weight is 321 g/mol. The van der Waals surface area contributed by atoms with E-state index >= 15 is 0 Å². The fourth-order valence-corrected chi connectivity index (χ4v) is 2.32. The highest BCUT2D eigenvalue weighted by molar-refractivity contribution is 5.96. The van der Waals surface area contributed by atoms with Crippen molar-refractivity contribution in [2.24, 2.45) is 5.92 Å². The second-order valence-electron chi connectivity index (χ2n) is 5.66. The number of hydrogen-bond donors (Lipinski definition) is 2. The van der Waals surface area contributed by atoms with Gasteiger partial charge < -0.3 is 15.3 Å². The lowest BCUT2D eigenvalue weighted by atomic mass is 9.99. The molecule has 2 atom stereocenters. The van der Waals surface area contributed by atoms with E-state index in [1.54, 1.807) is 12.1 Å². The molecule has 0 spiro atoms. The molecule has 0 aliphatic carbocycles. The lowest BCUT2D eigenvalue weighted by Gasteiger charge is -2.22. The fourth-order valence-electron chi connectivity index (χ4n) is 2.32. The van der Waals surface area contributed by atoms with Gasteiger partial charge in [0.25, 0.3) is 5.91 Å². The van der Waals surface area contributed by atoms with Crippen molar-refractivity contribution in [1.82, 2.24) is 10.3 Å². The minimum Gasteiger partial charge on any atom is -0.480 e. The van der Waals surface area contributed by atoms with Crippen LogP contribution in [-0.4, -0.2) is 41.1 Å². The van der Waals surface area contributed by atoms with E-state index in [1.165, 1.54) is 6.20 Å². The first-order chi connectivity index (χ1) is 10.9. The molecule has 0 unspecified atom stereocenters. The number of carbonyl (C=O) groups excluding carboxylic acids is 1. The van der Waals surface area contributed by atoms with Gasteiger partial charge in [0.05, 0.1) is 5.56 Å². The van der Waals surface area contributed by atoms with Gasteiger partial charge in [0.15, 0.2) is 0 Å². The lowest BCUT2D eigenvalue weighted by molar-refractivity contribution is -0.140. The molecular formula is C17H27N3O3. The zero-order valence-corrected chi connectivity index (χ0v) is 14.4. The third-order valence-electron chi connectivity index (χ3n) is 3.97. The molecule has 6 nitrogen and oxygen atoms in total. The topological polar surface area (TPSA) is 82.5 Å². The van der Waals surface area contributed by atoms with Crippen molar-refractivity contribution in [3.8, 4) is 0 Å². The maximum Gasteiger partial charge on any atom is 0.326 e. The number of aromatic nitrogens is 1. The Morgan fingerprint density at radius 3 is 2.43 bits per heavy atom. The molecule has 0 radical (unpaired) electrons. The van der Waals surface area contributed by atoms with Gasteiger partial charge in [-0.1, -0.05) is 27.2 Å². The van der Waals surface area contributed by atoms with Crippen LogP contribution in [0.2, 0.25) is 0 Å². The van der Waals surface area contributed by atoms with Crippen molar-refractivity contribution in [1.29, 1.82) is 0 Å². The predicted octanol–water partition coefficient (Wildman–Crippen LogP) is 2.55. The van der Waals surface area contributed by atoms with Crippen molar-refractivity contribution >= 4 is 17.7 Å². The molecule has 0 aromatic carbocycles. The number of amides is 1. The summed E-state index contributed by atoms with van der Waals surface area (Å²) in [4.78, 5) is 30.0. The molecule has 23 heavy (non-hydrogen) atoms. The number of carboxylic acids is 1. The third kappa shape index (κ3) is 5.23. The summed E-state index contributed by atoms with van der Waals surface area (Å²) in [6, 6.07) is 2.60. The zero-order chi connectivity index (χ0) is 17.4. The summed E-state index contributed by atoms with van der Waals surface area (Å²) < 4.78 is 0. The number of nitrogens with one attached hydrogen (secondary N) is 1. The molecule has 1 heterocycles. The van der Waals surface area contributed by atoms with Gasteiger partial charge in [-0.3, -0.25) is 4.79 Å². The number of aliphatic carboxylic acids is 1. The molecule has 128 valence electrons. The number of carboxylic acid groups (broad SMARTS) is 1. The third-order valence-corrected chi connectivity index (χ3v) is 3.97. The quantitative estimate of drug-likeness (QED) is 0.730. The Kier molecular flexibility index (Phi) is 7.51. The first-order valence-corrected chi connectivity index (χ1v) is 8.19. The Balaban J connectivity index is 2.82. The molecule has 2 N–H and O–H groups in total. The highest BCUT2D eigenvalue weighted by atomic mass is 16.4. The van der Waals surface area contributed by atoms with Gasteiger partial charge >= 0.3 is 5.97 Å². The van der Waals surface area contributed by atoms with Gasteiger partial charge in [-0.15, -0.1) is 0 Å². The minimum atomic E-state index is -1.02. The van der Waals surface area contributed by atoms with Crippen LogP contribution in [0, 0.1) is 5.92 Å². The Bertz CT molecular complexity index is 516. The van der Waals surface area contributed by atoms with E-state index in [-0.39, 0.29) is 5.92 Å². The van der Waals surface area contributed by atoms with Crippen molar-refractivity contribution in [2.45, 2.75) is 46.6 Å². The van der Waals surface area contributed by atoms with Gasteiger partial charge in [-0.25, -0.2) is 9.78 Å². The number of pyridine rings is 1. The minimum absolute atomic E-state index is 0.135. The van der Waals surface area contributed by atoms with E-state index in [1.807, 2.05) is 13.8 Å². The van der Waals surface area contributed by atoms with Crippen molar-refractivity contribution in [3.05, 3.63) is 23.9 Å². The number of carbonyl (C=O) groups is 2. The Morgan fingerprint density at radius 1 is 1.30 bits per heavy atom. The largest absolute Gasteiger partial charge is 0.480 e. The summed E-state index contributed by atoms with van der Waals surface area (Å²) in [7, 11) is 0. The molecule has 0 fully saturated rings. The van der Waals surface area contributed by atoms with E-state index in [0.29, 0.717) is 12.0 Å². The summed E-state index contributed by atoms with van der Waals surface area (Å²) in [6.07, 6.45) is 3.20. The van der Waals surface area contributed by atoms with Crippen LogP contribution in [0.15, 0.2) is 18.3 Å². The standard InChI is InChI=1S/C17H27N3O3/c1-5-10-20(7-3)14-9-8-13(11-18-14)16(21)19-15(17(22)23)12(4)6-2/h8-9,11-12,15H,5-7,10H2,1-4H3,(H,19,21)(H,22,23)/t12-,15-/m0/s1. The van der Waals surface area contributed by atoms with Crippen LogP contribution in [-0.2, 0) is 4.79 Å². The fraction of sp³-hybridized carbons (Fsp3) is 0.588. The van der Waals surface area contributed by atoms with Gasteiger partial charge in [-0.2, -0.15) is 0 Å². The smallest absolute Gasteiger partial charge is 0.326 e. The summed E-state index contributed by atoms with van der Waals surface area (Å²) in [5, 5.41) is 11.8. The first kappa shape index (κ1) is 18.9. The average Bonchev–Trinajstić information content (AvgIpc) is 2.56. The van der Waals surface area contributed by atoms with Crippen molar-refractivity contribution in [2.75, 3.05) is 18.0 Å². The Labute approximate surface area is 137 Å². The first-order valence-electron chi connectivity index (χ1n) is 8.19. The molecule has 0 aliphatic rings. The molecule has 0 aliphatic heterocycles. The lowest BCUT2D eigenvalue weighted by Crippen LogP contribution is -2.45. The van der Waals surface area contributed by atoms with Crippen molar-refractivity contribution < 1.29 is 14.7 Å². The van der Waals surface area contributed by atoms with Gasteiger partial charge in [-0.05, 0) is 31.4 Å². The van der Waals surface area contributed by atoms with Crippen LogP contribution >= 0.6 is 0 Å². The van der Waals surface area contributed by atoms with Crippen LogP contribution in [0.25, 0.3) is 0 Å². The van der Waals surface area contributed by atoms with Crippen LogP contribution in [0.4, 0.5) is 5.82 Å². The number of anilines is 1. The molecule has 1 amide bonds.